The standard InChI is InChI=1S/C54H54O6/c1-2-39-23-25-40(26-24-39)28-50-48-30-49-46(29-47(48)37-57-50)27-45(33-55-32-41-15-7-3-8-16-41)31-54(49)53(59-36-44-21-13-6-14-22-44)52(58-35-43-19-11-5-12-20-43)51(38-60-54)56-34-42-17-9-4-10-18-42/h3-26,29-30,37,45,51-53H,2,27-28,31-36,38H2,1H3/t45?,51-,52-,53+,54-/m0/s1. The van der Waals surface area contributed by atoms with Gasteiger partial charge in [-0.25, -0.2) is 0 Å². The smallest absolute Gasteiger partial charge is 0.123 e. The molecule has 1 spiro atoms. The van der Waals surface area contributed by atoms with Crippen LogP contribution in [0.15, 0.2) is 168 Å². The number of fused-ring (bicyclic) bond motifs is 3. The highest BCUT2D eigenvalue weighted by molar-refractivity contribution is 5.86. The average Bonchev–Trinajstić information content (AvgIpc) is 3.69. The van der Waals surface area contributed by atoms with Crippen molar-refractivity contribution in [2.75, 3.05) is 13.2 Å². The number of aryl methyl sites for hydroxylation is 1. The molecular weight excluding hydrogens is 745 g/mol. The Morgan fingerprint density at radius 3 is 1.78 bits per heavy atom. The maximum absolute atomic E-state index is 7.41. The number of rotatable bonds is 16. The first-order valence-electron chi connectivity index (χ1n) is 21.5. The van der Waals surface area contributed by atoms with Gasteiger partial charge in [-0.05, 0) is 81.8 Å². The van der Waals surface area contributed by atoms with Gasteiger partial charge in [0.1, 0.15) is 29.7 Å². The summed E-state index contributed by atoms with van der Waals surface area (Å²) in [5.41, 5.74) is 8.46. The number of ether oxygens (including phenoxy) is 5. The molecule has 1 fully saturated rings. The van der Waals surface area contributed by atoms with E-state index < -0.39 is 23.9 Å². The van der Waals surface area contributed by atoms with Crippen LogP contribution in [0.2, 0.25) is 0 Å². The molecule has 0 saturated carbocycles. The van der Waals surface area contributed by atoms with E-state index in [4.69, 9.17) is 28.1 Å². The van der Waals surface area contributed by atoms with Crippen molar-refractivity contribution in [1.29, 1.82) is 0 Å². The van der Waals surface area contributed by atoms with Crippen molar-refractivity contribution in [2.24, 2.45) is 5.92 Å². The Hall–Kier alpha value is -5.34. The summed E-state index contributed by atoms with van der Waals surface area (Å²) in [4.78, 5) is 0. The molecule has 6 nitrogen and oxygen atoms in total. The van der Waals surface area contributed by atoms with Crippen LogP contribution < -0.4 is 0 Å². The predicted octanol–water partition coefficient (Wildman–Crippen LogP) is 11.3. The highest BCUT2D eigenvalue weighted by Gasteiger charge is 2.57. The van der Waals surface area contributed by atoms with E-state index in [9.17, 15) is 0 Å². The lowest BCUT2D eigenvalue weighted by molar-refractivity contribution is -0.287. The third kappa shape index (κ3) is 9.19. The van der Waals surface area contributed by atoms with Crippen LogP contribution in [-0.4, -0.2) is 31.5 Å². The summed E-state index contributed by atoms with van der Waals surface area (Å²) in [6.07, 6.45) is 3.79. The van der Waals surface area contributed by atoms with Crippen molar-refractivity contribution in [3.8, 4) is 0 Å². The Labute approximate surface area is 354 Å². The maximum Gasteiger partial charge on any atom is 0.123 e. The molecule has 6 aromatic carbocycles. The lowest BCUT2D eigenvalue weighted by Crippen LogP contribution is -2.63. The molecule has 2 aliphatic rings. The molecule has 0 radical (unpaired) electrons. The molecule has 1 aromatic heterocycles. The Bertz CT molecular complexity index is 2400. The van der Waals surface area contributed by atoms with Crippen LogP contribution >= 0.6 is 0 Å². The van der Waals surface area contributed by atoms with E-state index in [1.807, 2.05) is 42.7 Å². The van der Waals surface area contributed by atoms with Crippen molar-refractivity contribution in [3.63, 3.8) is 0 Å². The zero-order valence-electron chi connectivity index (χ0n) is 34.4. The van der Waals surface area contributed by atoms with Crippen LogP contribution in [0, 0.1) is 5.92 Å². The van der Waals surface area contributed by atoms with E-state index in [0.29, 0.717) is 52.5 Å². The second-order valence-electron chi connectivity index (χ2n) is 16.4. The number of benzene rings is 6. The van der Waals surface area contributed by atoms with E-state index in [-0.39, 0.29) is 5.92 Å². The van der Waals surface area contributed by atoms with Gasteiger partial charge in [0.05, 0.1) is 45.9 Å². The minimum atomic E-state index is -0.872. The topological polar surface area (TPSA) is 59.3 Å². The zero-order valence-corrected chi connectivity index (χ0v) is 34.4. The van der Waals surface area contributed by atoms with Gasteiger partial charge in [0, 0.05) is 17.2 Å². The van der Waals surface area contributed by atoms with Crippen molar-refractivity contribution >= 4 is 10.8 Å². The summed E-state index contributed by atoms with van der Waals surface area (Å²) in [6.45, 7) is 4.90. The molecule has 1 aliphatic carbocycles. The first-order valence-corrected chi connectivity index (χ1v) is 21.5. The SMILES string of the molecule is CCc1ccc(Cc2occ3cc4c(cc23)[C@]2(CC(COCc3ccccc3)C4)OC[C@H](OCc3ccccc3)[C@H](OCc3ccccc3)[C@H]2OCc2ccccc2)cc1. The number of hydrogen-bond donors (Lipinski definition) is 0. The third-order valence-corrected chi connectivity index (χ3v) is 12.2. The summed E-state index contributed by atoms with van der Waals surface area (Å²) in [6, 6.07) is 55.0. The van der Waals surface area contributed by atoms with E-state index in [1.165, 1.54) is 16.7 Å². The van der Waals surface area contributed by atoms with Gasteiger partial charge in [-0.3, -0.25) is 0 Å². The quantitative estimate of drug-likeness (QED) is 0.0970. The molecule has 0 N–H and O–H groups in total. The number of furan rings is 1. The summed E-state index contributed by atoms with van der Waals surface area (Å²) >= 11 is 0. The monoisotopic (exact) mass is 798 g/mol. The minimum absolute atomic E-state index is 0.154. The van der Waals surface area contributed by atoms with Crippen LogP contribution in [-0.2, 0) is 75.0 Å². The Morgan fingerprint density at radius 2 is 1.17 bits per heavy atom. The van der Waals surface area contributed by atoms with Crippen molar-refractivity contribution in [3.05, 3.63) is 214 Å². The van der Waals surface area contributed by atoms with Gasteiger partial charge < -0.3 is 28.1 Å². The summed E-state index contributed by atoms with van der Waals surface area (Å²) in [5.74, 6) is 1.10. The zero-order chi connectivity index (χ0) is 40.6. The normalized spacial score (nSPS) is 21.3. The first-order chi connectivity index (χ1) is 29.6. The van der Waals surface area contributed by atoms with E-state index in [0.717, 1.165) is 57.2 Å². The fourth-order valence-corrected chi connectivity index (χ4v) is 9.08. The summed E-state index contributed by atoms with van der Waals surface area (Å²) in [7, 11) is 0. The highest BCUT2D eigenvalue weighted by atomic mass is 16.6. The van der Waals surface area contributed by atoms with Crippen molar-refractivity contribution in [2.45, 2.75) is 82.9 Å². The van der Waals surface area contributed by atoms with Crippen LogP contribution in [0.1, 0.15) is 63.6 Å². The fourth-order valence-electron chi connectivity index (χ4n) is 9.08. The molecule has 306 valence electrons. The molecular formula is C54H54O6. The number of hydrogen-bond acceptors (Lipinski definition) is 6. The van der Waals surface area contributed by atoms with Gasteiger partial charge in [-0.2, -0.15) is 0 Å². The molecule has 0 bridgehead atoms. The molecule has 1 unspecified atom stereocenters. The van der Waals surface area contributed by atoms with Gasteiger partial charge in [-0.1, -0.05) is 153 Å². The Morgan fingerprint density at radius 1 is 0.600 bits per heavy atom. The van der Waals surface area contributed by atoms with Gasteiger partial charge in [0.25, 0.3) is 0 Å². The highest BCUT2D eigenvalue weighted by Crippen LogP contribution is 2.50. The van der Waals surface area contributed by atoms with E-state index in [1.54, 1.807) is 0 Å². The second-order valence-corrected chi connectivity index (χ2v) is 16.4. The largest absolute Gasteiger partial charge is 0.468 e. The lowest BCUT2D eigenvalue weighted by Gasteiger charge is -2.53. The van der Waals surface area contributed by atoms with Crippen LogP contribution in [0.4, 0.5) is 0 Å². The molecule has 5 atom stereocenters. The Balaban J connectivity index is 1.12. The van der Waals surface area contributed by atoms with Crippen LogP contribution in [0.5, 0.6) is 0 Å². The molecule has 9 rings (SSSR count). The van der Waals surface area contributed by atoms with Crippen LogP contribution in [0.3, 0.4) is 0 Å². The average molecular weight is 799 g/mol. The first kappa shape index (κ1) is 40.1. The van der Waals surface area contributed by atoms with Crippen LogP contribution in [0.25, 0.3) is 10.8 Å². The summed E-state index contributed by atoms with van der Waals surface area (Å²) < 4.78 is 41.5. The Kier molecular flexibility index (Phi) is 12.6. The molecule has 1 aliphatic heterocycles. The minimum Gasteiger partial charge on any atom is -0.468 e. The molecule has 0 amide bonds. The second kappa shape index (κ2) is 18.9. The summed E-state index contributed by atoms with van der Waals surface area (Å²) in [5, 5.41) is 2.19. The lowest BCUT2D eigenvalue weighted by atomic mass is 9.68. The fraction of sp³-hybridized carbons (Fsp3) is 0.296. The maximum atomic E-state index is 7.41. The van der Waals surface area contributed by atoms with Gasteiger partial charge in [-0.15, -0.1) is 0 Å². The van der Waals surface area contributed by atoms with Gasteiger partial charge in [0.2, 0.25) is 0 Å². The van der Waals surface area contributed by atoms with Gasteiger partial charge >= 0.3 is 0 Å². The molecule has 60 heavy (non-hydrogen) atoms. The third-order valence-electron chi connectivity index (χ3n) is 12.2. The molecule has 6 heteroatoms. The molecule has 2 heterocycles. The van der Waals surface area contributed by atoms with Crippen molar-refractivity contribution < 1.29 is 28.1 Å². The van der Waals surface area contributed by atoms with Crippen molar-refractivity contribution in [1.82, 2.24) is 0 Å². The predicted molar refractivity (Wildman–Crippen MR) is 235 cm³/mol. The molecule has 1 saturated heterocycles. The molecule has 7 aromatic rings. The van der Waals surface area contributed by atoms with E-state index in [2.05, 4.69) is 128 Å². The van der Waals surface area contributed by atoms with Gasteiger partial charge in [0.15, 0.2) is 0 Å². The van der Waals surface area contributed by atoms with E-state index >= 15 is 0 Å².